The Labute approximate surface area is 165 Å². The average Bonchev–Trinajstić information content (AvgIpc) is 3.42. The van der Waals surface area contributed by atoms with Crippen LogP contribution in [0.3, 0.4) is 0 Å². The van der Waals surface area contributed by atoms with Gasteiger partial charge in [0.25, 0.3) is 0 Å². The molecule has 0 unspecified atom stereocenters. The highest BCUT2D eigenvalue weighted by Gasteiger charge is 2.14. The van der Waals surface area contributed by atoms with Gasteiger partial charge in [-0.2, -0.15) is 0 Å². The van der Waals surface area contributed by atoms with Gasteiger partial charge in [-0.05, 0) is 47.5 Å². The molecule has 0 aliphatic rings. The Morgan fingerprint density at radius 1 is 0.724 bits per heavy atom. The van der Waals surface area contributed by atoms with Gasteiger partial charge in [0, 0.05) is 10.8 Å². The predicted octanol–water partition coefficient (Wildman–Crippen LogP) is 3.07. The number of nitrogens with one attached hydrogen (secondary N) is 1. The Bertz CT molecular complexity index is 1230. The lowest BCUT2D eigenvalue weighted by atomic mass is 10.1. The number of nitrogens with two attached hydrogens (primary N) is 4. The second kappa shape index (κ2) is 6.57. The predicted molar refractivity (Wildman–Crippen MR) is 111 cm³/mol. The van der Waals surface area contributed by atoms with Crippen LogP contribution in [0.15, 0.2) is 63.6 Å². The summed E-state index contributed by atoms with van der Waals surface area (Å²) in [5.74, 6) is 1.87. The van der Waals surface area contributed by atoms with Crippen molar-refractivity contribution in [3.8, 4) is 23.0 Å². The van der Waals surface area contributed by atoms with Gasteiger partial charge in [0.15, 0.2) is 17.3 Å². The fourth-order valence-corrected chi connectivity index (χ4v) is 3.36. The zero-order valence-corrected chi connectivity index (χ0v) is 15.4. The Balaban J connectivity index is 1.50. The van der Waals surface area contributed by atoms with E-state index in [0.717, 1.165) is 38.8 Å². The van der Waals surface area contributed by atoms with Crippen LogP contribution in [0.4, 0.5) is 0 Å². The van der Waals surface area contributed by atoms with Crippen LogP contribution in [-0.4, -0.2) is 9.97 Å². The Morgan fingerprint density at radius 2 is 1.28 bits per heavy atom. The number of rotatable bonds is 4. The van der Waals surface area contributed by atoms with Gasteiger partial charge in [-0.25, -0.2) is 4.98 Å². The van der Waals surface area contributed by atoms with Gasteiger partial charge in [-0.3, -0.25) is 0 Å². The molecule has 5 aromatic rings. The summed E-state index contributed by atoms with van der Waals surface area (Å²) in [5, 5.41) is 1.83. The van der Waals surface area contributed by atoms with E-state index in [-0.39, 0.29) is 0 Å². The van der Waals surface area contributed by atoms with Crippen molar-refractivity contribution >= 4 is 21.9 Å². The first-order valence-corrected chi connectivity index (χ1v) is 9.13. The van der Waals surface area contributed by atoms with E-state index in [2.05, 4.69) is 9.97 Å². The summed E-state index contributed by atoms with van der Waals surface area (Å²) in [6, 6.07) is 15.1. The molecule has 2 aromatic carbocycles. The molecule has 0 radical (unpaired) electrons. The highest BCUT2D eigenvalue weighted by Crippen LogP contribution is 2.31. The molecule has 3 heterocycles. The van der Waals surface area contributed by atoms with E-state index in [0.29, 0.717) is 17.3 Å². The lowest BCUT2D eigenvalue weighted by molar-refractivity contribution is 0.624. The molecule has 3 aromatic heterocycles. The molecule has 0 amide bonds. The summed E-state index contributed by atoms with van der Waals surface area (Å²) in [5.41, 5.74) is 26.9. The molecule has 9 N–H and O–H groups in total. The molecule has 0 spiro atoms. The number of hydrogen-bond donors (Lipinski definition) is 5. The Morgan fingerprint density at radius 3 is 1.86 bits per heavy atom. The zero-order chi connectivity index (χ0) is 20.1. The van der Waals surface area contributed by atoms with E-state index in [1.54, 1.807) is 6.20 Å². The van der Waals surface area contributed by atoms with Crippen LogP contribution >= 0.6 is 0 Å². The second-order valence-corrected chi connectivity index (χ2v) is 7.01. The number of hydrogen-bond acceptors (Lipinski definition) is 7. The lowest BCUT2D eigenvalue weighted by Crippen LogP contribution is -2.19. The van der Waals surface area contributed by atoms with E-state index < -0.39 is 12.3 Å². The number of aromatic amines is 1. The first-order valence-electron chi connectivity index (χ1n) is 9.13. The molecule has 146 valence electrons. The molecule has 0 aliphatic heterocycles. The molecule has 8 nitrogen and oxygen atoms in total. The van der Waals surface area contributed by atoms with Crippen molar-refractivity contribution in [1.82, 2.24) is 9.97 Å². The molecule has 8 heteroatoms. The van der Waals surface area contributed by atoms with E-state index >= 15 is 0 Å². The topological polar surface area (TPSA) is 159 Å². The van der Waals surface area contributed by atoms with Crippen LogP contribution in [0.1, 0.15) is 23.5 Å². The maximum absolute atomic E-state index is 5.93. The normalized spacial score (nSPS) is 12.1. The van der Waals surface area contributed by atoms with Crippen molar-refractivity contribution in [1.29, 1.82) is 0 Å². The monoisotopic (exact) mass is 388 g/mol. The van der Waals surface area contributed by atoms with Crippen molar-refractivity contribution in [3.63, 3.8) is 0 Å². The summed E-state index contributed by atoms with van der Waals surface area (Å²) in [7, 11) is 0. The SMILES string of the molecule is NC(N)c1ccc2oc(-c3cnc(-c4cc5cc(C(N)N)ccc5o4)[nH]3)cc2c1. The molecule has 0 bridgehead atoms. The minimum atomic E-state index is -0.532. The highest BCUT2D eigenvalue weighted by molar-refractivity contribution is 5.84. The third-order valence-corrected chi connectivity index (χ3v) is 4.93. The third-order valence-electron chi connectivity index (χ3n) is 4.93. The van der Waals surface area contributed by atoms with E-state index in [4.69, 9.17) is 31.8 Å². The number of furan rings is 2. The lowest BCUT2D eigenvalue weighted by Gasteiger charge is -2.03. The minimum absolute atomic E-state index is 0.529. The quantitative estimate of drug-likeness (QED) is 0.296. The fraction of sp³-hybridized carbons (Fsp3) is 0.0952. The van der Waals surface area contributed by atoms with E-state index in [1.807, 2.05) is 48.5 Å². The van der Waals surface area contributed by atoms with Crippen LogP contribution in [0, 0.1) is 0 Å². The van der Waals surface area contributed by atoms with Gasteiger partial charge in [-0.1, -0.05) is 12.1 Å². The minimum Gasteiger partial charge on any atom is -0.454 e. The molecule has 0 atom stereocenters. The van der Waals surface area contributed by atoms with Crippen LogP contribution < -0.4 is 22.9 Å². The zero-order valence-electron chi connectivity index (χ0n) is 15.4. The summed E-state index contributed by atoms with van der Waals surface area (Å²) >= 11 is 0. The smallest absolute Gasteiger partial charge is 0.174 e. The molecule has 0 saturated carbocycles. The molecular weight excluding hydrogens is 368 g/mol. The first kappa shape index (κ1) is 17.7. The summed E-state index contributed by atoms with van der Waals surface area (Å²) in [4.78, 5) is 7.68. The van der Waals surface area contributed by atoms with E-state index in [9.17, 15) is 0 Å². The van der Waals surface area contributed by atoms with Crippen molar-refractivity contribution in [2.24, 2.45) is 22.9 Å². The number of benzene rings is 2. The van der Waals surface area contributed by atoms with Gasteiger partial charge in [-0.15, -0.1) is 0 Å². The summed E-state index contributed by atoms with van der Waals surface area (Å²) < 4.78 is 11.8. The molecule has 29 heavy (non-hydrogen) atoms. The van der Waals surface area contributed by atoms with Crippen molar-refractivity contribution in [2.45, 2.75) is 12.3 Å². The average molecular weight is 388 g/mol. The summed E-state index contributed by atoms with van der Waals surface area (Å²) in [6.45, 7) is 0. The van der Waals surface area contributed by atoms with Crippen LogP contribution in [-0.2, 0) is 0 Å². The standard InChI is InChI=1S/C21H20N6O2/c22-19(23)10-1-3-15-12(5-10)7-17(28-15)14-9-26-21(27-14)18-8-13-6-11(20(24)25)2-4-16(13)29-18/h1-9,19-20H,22-25H2,(H,26,27). The second-order valence-electron chi connectivity index (χ2n) is 7.01. The van der Waals surface area contributed by atoms with Crippen molar-refractivity contribution in [2.75, 3.05) is 0 Å². The number of fused-ring (bicyclic) bond motifs is 2. The third kappa shape index (κ3) is 3.10. The van der Waals surface area contributed by atoms with Gasteiger partial charge in [0.05, 0.1) is 18.5 Å². The van der Waals surface area contributed by atoms with Crippen molar-refractivity contribution in [3.05, 3.63) is 65.9 Å². The van der Waals surface area contributed by atoms with Gasteiger partial charge >= 0.3 is 0 Å². The Kier molecular flexibility index (Phi) is 4.00. The van der Waals surface area contributed by atoms with Crippen LogP contribution in [0.5, 0.6) is 0 Å². The van der Waals surface area contributed by atoms with Crippen LogP contribution in [0.2, 0.25) is 0 Å². The maximum atomic E-state index is 5.93. The Hall–Kier alpha value is -3.43. The fourth-order valence-electron chi connectivity index (χ4n) is 3.36. The molecule has 0 fully saturated rings. The largest absolute Gasteiger partial charge is 0.454 e. The van der Waals surface area contributed by atoms with Crippen LogP contribution in [0.25, 0.3) is 45.0 Å². The van der Waals surface area contributed by atoms with Crippen molar-refractivity contribution < 1.29 is 8.83 Å². The van der Waals surface area contributed by atoms with Gasteiger partial charge in [0.2, 0.25) is 0 Å². The molecule has 0 saturated heterocycles. The molecular formula is C21H20N6O2. The molecule has 5 rings (SSSR count). The first-order chi connectivity index (χ1) is 14.0. The van der Waals surface area contributed by atoms with E-state index in [1.165, 1.54) is 0 Å². The summed E-state index contributed by atoms with van der Waals surface area (Å²) in [6.07, 6.45) is 0.645. The maximum Gasteiger partial charge on any atom is 0.174 e. The van der Waals surface area contributed by atoms with Gasteiger partial charge in [0.1, 0.15) is 16.9 Å². The number of aromatic nitrogens is 2. The molecule has 0 aliphatic carbocycles. The number of nitrogens with zero attached hydrogens (tertiary/aromatic N) is 1. The number of imidazole rings is 1. The highest BCUT2D eigenvalue weighted by atomic mass is 16.3. The van der Waals surface area contributed by atoms with Gasteiger partial charge < -0.3 is 36.8 Å². The number of H-pyrrole nitrogens is 1.